The van der Waals surface area contributed by atoms with Gasteiger partial charge in [0, 0.05) is 12.5 Å². The fourth-order valence-corrected chi connectivity index (χ4v) is 4.12. The first-order valence-electron chi connectivity index (χ1n) is 8.37. The lowest BCUT2D eigenvalue weighted by atomic mass is 9.74. The minimum Gasteiger partial charge on any atom is -0.388 e. The van der Waals surface area contributed by atoms with Gasteiger partial charge in [-0.15, -0.1) is 0 Å². The predicted octanol–water partition coefficient (Wildman–Crippen LogP) is 3.73. The minimum absolute atomic E-state index is 0.321. The number of hydrogen-bond acceptors (Lipinski definition) is 2. The number of benzene rings is 2. The zero-order chi connectivity index (χ0) is 14.9. The molecule has 0 radical (unpaired) electrons. The Hall–Kier alpha value is -1.64. The number of fused-ring (bicyclic) bond motifs is 3. The van der Waals surface area contributed by atoms with Crippen LogP contribution in [0, 0.1) is 11.8 Å². The van der Waals surface area contributed by atoms with E-state index in [1.165, 1.54) is 37.1 Å². The Morgan fingerprint density at radius 1 is 0.864 bits per heavy atom. The van der Waals surface area contributed by atoms with E-state index in [4.69, 9.17) is 0 Å². The summed E-state index contributed by atoms with van der Waals surface area (Å²) < 4.78 is 0. The van der Waals surface area contributed by atoms with Crippen molar-refractivity contribution in [3.8, 4) is 11.1 Å². The highest BCUT2D eigenvalue weighted by Gasteiger charge is 2.38. The zero-order valence-electron chi connectivity index (χ0n) is 12.9. The lowest BCUT2D eigenvalue weighted by Crippen LogP contribution is -2.49. The third kappa shape index (κ3) is 2.57. The monoisotopic (exact) mass is 293 g/mol. The number of aliphatic hydroxyl groups is 1. The molecule has 5 rings (SSSR count). The molecule has 1 N–H and O–H groups in total. The van der Waals surface area contributed by atoms with Crippen LogP contribution >= 0.6 is 0 Å². The van der Waals surface area contributed by atoms with Gasteiger partial charge >= 0.3 is 0 Å². The molecule has 2 atom stereocenters. The number of nitrogens with zero attached hydrogens (tertiary/aromatic N) is 1. The van der Waals surface area contributed by atoms with E-state index in [1.54, 1.807) is 0 Å². The van der Waals surface area contributed by atoms with Gasteiger partial charge in [0.15, 0.2) is 0 Å². The molecule has 2 aromatic carbocycles. The molecule has 2 bridgehead atoms. The van der Waals surface area contributed by atoms with Gasteiger partial charge in [-0.2, -0.15) is 0 Å². The third-order valence-corrected chi connectivity index (χ3v) is 5.47. The lowest BCUT2D eigenvalue weighted by molar-refractivity contribution is -0.0263. The van der Waals surface area contributed by atoms with E-state index in [1.807, 2.05) is 6.07 Å². The topological polar surface area (TPSA) is 23.5 Å². The van der Waals surface area contributed by atoms with E-state index in [-0.39, 0.29) is 6.10 Å². The molecule has 0 unspecified atom stereocenters. The Morgan fingerprint density at radius 3 is 2.09 bits per heavy atom. The van der Waals surface area contributed by atoms with Crippen LogP contribution in [-0.4, -0.2) is 29.6 Å². The summed E-state index contributed by atoms with van der Waals surface area (Å²) >= 11 is 0. The second-order valence-electron chi connectivity index (χ2n) is 6.73. The number of piperidine rings is 3. The van der Waals surface area contributed by atoms with Crippen LogP contribution in [0.4, 0.5) is 0 Å². The molecule has 3 saturated heterocycles. The summed E-state index contributed by atoms with van der Waals surface area (Å²) in [5.41, 5.74) is 3.51. The fraction of sp³-hybridized carbons (Fsp3) is 0.400. The second-order valence-corrected chi connectivity index (χ2v) is 6.73. The normalized spacial score (nSPS) is 28.5. The molecule has 0 amide bonds. The highest BCUT2D eigenvalue weighted by molar-refractivity contribution is 5.63. The van der Waals surface area contributed by atoms with Gasteiger partial charge in [-0.25, -0.2) is 0 Å². The molecule has 0 aliphatic carbocycles. The van der Waals surface area contributed by atoms with Crippen molar-refractivity contribution in [2.75, 3.05) is 19.6 Å². The average Bonchev–Trinajstić information content (AvgIpc) is 2.63. The summed E-state index contributed by atoms with van der Waals surface area (Å²) in [5.74, 6) is 1.11. The zero-order valence-corrected chi connectivity index (χ0v) is 12.9. The SMILES string of the molecule is O[C@@H](c1ccc(-c2ccccc2)cc1)[C@@H]1CN2CCC1CC2. The molecule has 3 fully saturated rings. The van der Waals surface area contributed by atoms with Gasteiger partial charge in [-0.05, 0) is 48.5 Å². The van der Waals surface area contributed by atoms with Crippen molar-refractivity contribution in [1.29, 1.82) is 0 Å². The second kappa shape index (κ2) is 5.86. The van der Waals surface area contributed by atoms with E-state index in [2.05, 4.69) is 53.4 Å². The summed E-state index contributed by atoms with van der Waals surface area (Å²) in [7, 11) is 0. The molecule has 0 saturated carbocycles. The Morgan fingerprint density at radius 2 is 1.50 bits per heavy atom. The van der Waals surface area contributed by atoms with Gasteiger partial charge in [0.25, 0.3) is 0 Å². The van der Waals surface area contributed by atoms with Crippen LogP contribution in [0.2, 0.25) is 0 Å². The first-order valence-corrected chi connectivity index (χ1v) is 8.37. The van der Waals surface area contributed by atoms with Crippen molar-refractivity contribution >= 4 is 0 Å². The Labute approximate surface area is 132 Å². The quantitative estimate of drug-likeness (QED) is 0.932. The summed E-state index contributed by atoms with van der Waals surface area (Å²) in [6, 6.07) is 18.9. The molecular formula is C20H23NO. The summed E-state index contributed by atoms with van der Waals surface area (Å²) in [4.78, 5) is 2.51. The van der Waals surface area contributed by atoms with Crippen molar-refractivity contribution < 1.29 is 5.11 Å². The maximum Gasteiger partial charge on any atom is 0.0833 e. The fourth-order valence-electron chi connectivity index (χ4n) is 4.12. The molecule has 3 heterocycles. The van der Waals surface area contributed by atoms with E-state index >= 15 is 0 Å². The van der Waals surface area contributed by atoms with Gasteiger partial charge < -0.3 is 10.0 Å². The van der Waals surface area contributed by atoms with Crippen LogP contribution in [0.25, 0.3) is 11.1 Å². The van der Waals surface area contributed by atoms with Gasteiger partial charge in [-0.3, -0.25) is 0 Å². The largest absolute Gasteiger partial charge is 0.388 e. The molecule has 0 spiro atoms. The molecule has 3 aliphatic rings. The Bertz CT molecular complexity index is 614. The van der Waals surface area contributed by atoms with E-state index < -0.39 is 0 Å². The first-order chi connectivity index (χ1) is 10.8. The molecule has 2 aromatic rings. The third-order valence-electron chi connectivity index (χ3n) is 5.47. The highest BCUT2D eigenvalue weighted by atomic mass is 16.3. The predicted molar refractivity (Wildman–Crippen MR) is 89.5 cm³/mol. The van der Waals surface area contributed by atoms with Gasteiger partial charge in [0.2, 0.25) is 0 Å². The van der Waals surface area contributed by atoms with Crippen molar-refractivity contribution in [3.05, 3.63) is 60.2 Å². The van der Waals surface area contributed by atoms with Crippen molar-refractivity contribution in [2.24, 2.45) is 11.8 Å². The summed E-state index contributed by atoms with van der Waals surface area (Å²) in [6.07, 6.45) is 2.19. The smallest absolute Gasteiger partial charge is 0.0833 e. The van der Waals surface area contributed by atoms with E-state index in [0.717, 1.165) is 12.1 Å². The molecule has 114 valence electrons. The maximum atomic E-state index is 10.8. The number of aliphatic hydroxyl groups excluding tert-OH is 1. The van der Waals surface area contributed by atoms with Gasteiger partial charge in [0.1, 0.15) is 0 Å². The Balaban J connectivity index is 1.53. The first kappa shape index (κ1) is 14.0. The highest BCUT2D eigenvalue weighted by Crippen LogP contribution is 2.39. The Kier molecular flexibility index (Phi) is 3.73. The van der Waals surface area contributed by atoms with E-state index in [0.29, 0.717) is 11.8 Å². The average molecular weight is 293 g/mol. The van der Waals surface area contributed by atoms with Crippen LogP contribution in [-0.2, 0) is 0 Å². The van der Waals surface area contributed by atoms with E-state index in [9.17, 15) is 5.11 Å². The van der Waals surface area contributed by atoms with Gasteiger partial charge in [0.05, 0.1) is 6.10 Å². The standard InChI is InChI=1S/C20H23NO/c22-20(19-14-21-12-10-17(19)11-13-21)18-8-6-16(7-9-18)15-4-2-1-3-5-15/h1-9,17,19-20,22H,10-14H2/t19-,20+/m1/s1. The van der Waals surface area contributed by atoms with Crippen LogP contribution in [0.5, 0.6) is 0 Å². The van der Waals surface area contributed by atoms with Crippen LogP contribution in [0.1, 0.15) is 24.5 Å². The van der Waals surface area contributed by atoms with Crippen LogP contribution in [0.3, 0.4) is 0 Å². The molecule has 0 aromatic heterocycles. The van der Waals surface area contributed by atoms with Crippen molar-refractivity contribution in [2.45, 2.75) is 18.9 Å². The van der Waals surface area contributed by atoms with Crippen molar-refractivity contribution in [3.63, 3.8) is 0 Å². The molecule has 2 nitrogen and oxygen atoms in total. The maximum absolute atomic E-state index is 10.8. The van der Waals surface area contributed by atoms with Gasteiger partial charge in [-0.1, -0.05) is 54.6 Å². The number of rotatable bonds is 3. The molecule has 3 aliphatic heterocycles. The molecular weight excluding hydrogens is 270 g/mol. The summed E-state index contributed by atoms with van der Waals surface area (Å²) in [6.45, 7) is 3.51. The van der Waals surface area contributed by atoms with Crippen LogP contribution < -0.4 is 0 Å². The molecule has 22 heavy (non-hydrogen) atoms. The van der Waals surface area contributed by atoms with Crippen molar-refractivity contribution in [1.82, 2.24) is 4.90 Å². The number of hydrogen-bond donors (Lipinski definition) is 1. The lowest BCUT2D eigenvalue weighted by Gasteiger charge is -2.46. The summed E-state index contributed by atoms with van der Waals surface area (Å²) in [5, 5.41) is 10.8. The molecule has 2 heteroatoms. The minimum atomic E-state index is -0.321. The van der Waals surface area contributed by atoms with Crippen LogP contribution in [0.15, 0.2) is 54.6 Å².